The van der Waals surface area contributed by atoms with Gasteiger partial charge >= 0.3 is 6.03 Å². The molecule has 142 valence electrons. The molecule has 3 aromatic rings. The van der Waals surface area contributed by atoms with Gasteiger partial charge in [-0.2, -0.15) is 0 Å². The lowest BCUT2D eigenvalue weighted by atomic mass is 9.84. The molecule has 0 radical (unpaired) electrons. The van der Waals surface area contributed by atoms with Crippen LogP contribution < -0.4 is 10.1 Å². The van der Waals surface area contributed by atoms with E-state index in [0.717, 1.165) is 4.88 Å². The zero-order chi connectivity index (χ0) is 19.3. The molecule has 0 bridgehead atoms. The molecule has 1 fully saturated rings. The third-order valence-corrected chi connectivity index (χ3v) is 6.05. The van der Waals surface area contributed by atoms with E-state index in [1.165, 1.54) is 16.2 Å². The molecule has 7 nitrogen and oxygen atoms in total. The molecule has 28 heavy (non-hydrogen) atoms. The van der Waals surface area contributed by atoms with Crippen molar-refractivity contribution in [1.29, 1.82) is 0 Å². The largest absolute Gasteiger partial charge is 0.493 e. The molecule has 0 aliphatic carbocycles. The molecular weight excluding hydrogens is 378 g/mol. The topological polar surface area (TPSA) is 84.7 Å². The molecule has 5 rings (SSSR count). The smallest absolute Gasteiger partial charge is 0.325 e. The number of carbonyl (C=O) groups is 2. The zero-order valence-corrected chi connectivity index (χ0v) is 15.9. The van der Waals surface area contributed by atoms with E-state index in [4.69, 9.17) is 9.15 Å². The van der Waals surface area contributed by atoms with Crippen molar-refractivity contribution in [2.45, 2.75) is 25.4 Å². The lowest BCUT2D eigenvalue weighted by Gasteiger charge is -2.33. The summed E-state index contributed by atoms with van der Waals surface area (Å²) in [5, 5.41) is 4.84. The molecule has 0 saturated carbocycles. The maximum atomic E-state index is 13.3. The second kappa shape index (κ2) is 6.20. The Morgan fingerprint density at radius 3 is 2.93 bits per heavy atom. The van der Waals surface area contributed by atoms with Crippen molar-refractivity contribution < 1.29 is 18.7 Å². The number of hydrogen-bond donors (Lipinski definition) is 1. The van der Waals surface area contributed by atoms with E-state index in [9.17, 15) is 9.59 Å². The van der Waals surface area contributed by atoms with E-state index in [0.29, 0.717) is 41.7 Å². The molecule has 2 aliphatic rings. The van der Waals surface area contributed by atoms with E-state index < -0.39 is 11.6 Å². The highest BCUT2D eigenvalue weighted by atomic mass is 32.1. The molecule has 1 aromatic carbocycles. The van der Waals surface area contributed by atoms with Gasteiger partial charge in [0.1, 0.15) is 17.2 Å². The Morgan fingerprint density at radius 2 is 2.11 bits per heavy atom. The summed E-state index contributed by atoms with van der Waals surface area (Å²) in [5.41, 5.74) is 0.183. The van der Waals surface area contributed by atoms with Gasteiger partial charge < -0.3 is 14.5 Å². The standard InChI is InChI=1S/C20H17N3O4S/c1-12-14(21-17(27-12)16-7-4-10-28-16)11-23-18(24)20(22-19(23)25)8-9-26-15-6-3-2-5-13(15)20/h2-7,10H,8-9,11H2,1H3,(H,22,25)/t20-/m0/s1. The Hall–Kier alpha value is -3.13. The molecule has 1 N–H and O–H groups in total. The fourth-order valence-corrected chi connectivity index (χ4v) is 4.39. The number of aromatic nitrogens is 1. The number of fused-ring (bicyclic) bond motifs is 2. The van der Waals surface area contributed by atoms with E-state index in [2.05, 4.69) is 10.3 Å². The van der Waals surface area contributed by atoms with Gasteiger partial charge in [0, 0.05) is 12.0 Å². The Balaban J connectivity index is 1.47. The van der Waals surface area contributed by atoms with Gasteiger partial charge in [-0.05, 0) is 24.4 Å². The monoisotopic (exact) mass is 395 g/mol. The molecule has 8 heteroatoms. The van der Waals surface area contributed by atoms with E-state index in [1.54, 1.807) is 6.92 Å². The third-order valence-electron chi connectivity index (χ3n) is 5.19. The number of hydrogen-bond acceptors (Lipinski definition) is 6. The highest BCUT2D eigenvalue weighted by molar-refractivity contribution is 7.13. The highest BCUT2D eigenvalue weighted by Crippen LogP contribution is 2.41. The highest BCUT2D eigenvalue weighted by Gasteiger charge is 2.55. The fraction of sp³-hybridized carbons (Fsp3) is 0.250. The SMILES string of the molecule is Cc1oc(-c2cccs2)nc1CN1C(=O)N[C@]2(CCOc3ccccc32)C1=O. The minimum Gasteiger partial charge on any atom is -0.493 e. The van der Waals surface area contributed by atoms with Crippen LogP contribution in [0.15, 0.2) is 46.2 Å². The number of carbonyl (C=O) groups excluding carboxylic acids is 2. The second-order valence-electron chi connectivity index (χ2n) is 6.82. The molecule has 2 aliphatic heterocycles. The molecule has 3 amide bonds. The number of benzene rings is 1. The Kier molecular flexibility index (Phi) is 3.77. The minimum absolute atomic E-state index is 0.0656. The van der Waals surface area contributed by atoms with E-state index >= 15 is 0 Å². The lowest BCUT2D eigenvalue weighted by molar-refractivity contribution is -0.133. The number of nitrogens with one attached hydrogen (secondary N) is 1. The Labute approximate surface area is 164 Å². The van der Waals surface area contributed by atoms with E-state index in [-0.39, 0.29) is 12.5 Å². The Bertz CT molecular complexity index is 1080. The van der Waals surface area contributed by atoms with Crippen LogP contribution in [-0.4, -0.2) is 28.4 Å². The maximum absolute atomic E-state index is 13.3. The van der Waals surface area contributed by atoms with Crippen LogP contribution in [0, 0.1) is 6.92 Å². The number of imide groups is 1. The predicted molar refractivity (Wildman–Crippen MR) is 102 cm³/mol. The van der Waals surface area contributed by atoms with Gasteiger partial charge in [-0.3, -0.25) is 9.69 Å². The van der Waals surface area contributed by atoms with Gasteiger partial charge in [0.2, 0.25) is 5.89 Å². The first-order chi connectivity index (χ1) is 13.6. The molecule has 0 unspecified atom stereocenters. The minimum atomic E-state index is -1.08. The van der Waals surface area contributed by atoms with Crippen molar-refractivity contribution in [1.82, 2.24) is 15.2 Å². The van der Waals surface area contributed by atoms with E-state index in [1.807, 2.05) is 41.8 Å². The number of para-hydroxylation sites is 1. The number of rotatable bonds is 3. The van der Waals surface area contributed by atoms with Crippen molar-refractivity contribution >= 4 is 23.3 Å². The molecule has 2 aromatic heterocycles. The summed E-state index contributed by atoms with van der Waals surface area (Å²) in [7, 11) is 0. The van der Waals surface area contributed by atoms with Crippen molar-refractivity contribution in [3.63, 3.8) is 0 Å². The van der Waals surface area contributed by atoms with Crippen LogP contribution in [0.5, 0.6) is 5.75 Å². The van der Waals surface area contributed by atoms with Gasteiger partial charge in [0.15, 0.2) is 5.54 Å². The third kappa shape index (κ3) is 2.45. The van der Waals surface area contributed by atoms with Crippen molar-refractivity contribution in [3.05, 3.63) is 58.8 Å². The first-order valence-corrected chi connectivity index (χ1v) is 9.83. The number of nitrogens with zero attached hydrogens (tertiary/aromatic N) is 2. The summed E-state index contributed by atoms with van der Waals surface area (Å²) >= 11 is 1.52. The van der Waals surface area contributed by atoms with Crippen molar-refractivity contribution in [3.8, 4) is 16.5 Å². The molecule has 4 heterocycles. The molecule has 1 spiro atoms. The van der Waals surface area contributed by atoms with Crippen molar-refractivity contribution in [2.24, 2.45) is 0 Å². The quantitative estimate of drug-likeness (QED) is 0.687. The van der Waals surface area contributed by atoms with Crippen LogP contribution in [-0.2, 0) is 16.9 Å². The summed E-state index contributed by atoms with van der Waals surface area (Å²) in [6.07, 6.45) is 0.392. The van der Waals surface area contributed by atoms with Crippen molar-refractivity contribution in [2.75, 3.05) is 6.61 Å². The van der Waals surface area contributed by atoms with Crippen LogP contribution in [0.25, 0.3) is 10.8 Å². The van der Waals surface area contributed by atoms with Gasteiger partial charge in [0.05, 0.1) is 18.0 Å². The van der Waals surface area contributed by atoms with Crippen LogP contribution in [0.3, 0.4) is 0 Å². The van der Waals surface area contributed by atoms with Gasteiger partial charge in [-0.1, -0.05) is 24.3 Å². The number of oxazole rings is 1. The maximum Gasteiger partial charge on any atom is 0.325 e. The molecule has 1 saturated heterocycles. The second-order valence-corrected chi connectivity index (χ2v) is 7.77. The predicted octanol–water partition coefficient (Wildman–Crippen LogP) is 3.44. The average molecular weight is 395 g/mol. The summed E-state index contributed by atoms with van der Waals surface area (Å²) in [5.74, 6) is 1.44. The summed E-state index contributed by atoms with van der Waals surface area (Å²) in [6.45, 7) is 2.22. The molecular formula is C20H17N3O4S. The summed E-state index contributed by atoms with van der Waals surface area (Å²) < 4.78 is 11.4. The first-order valence-electron chi connectivity index (χ1n) is 8.95. The number of aryl methyl sites for hydroxylation is 1. The normalized spacial score (nSPS) is 21.0. The van der Waals surface area contributed by atoms with Crippen LogP contribution in [0.1, 0.15) is 23.4 Å². The van der Waals surface area contributed by atoms with Crippen LogP contribution >= 0.6 is 11.3 Å². The summed E-state index contributed by atoms with van der Waals surface area (Å²) in [4.78, 5) is 32.7. The average Bonchev–Trinajstić information content (AvgIpc) is 3.40. The number of amides is 3. The van der Waals surface area contributed by atoms with Crippen LogP contribution in [0.4, 0.5) is 4.79 Å². The number of urea groups is 1. The summed E-state index contributed by atoms with van der Waals surface area (Å²) in [6, 6.07) is 10.7. The zero-order valence-electron chi connectivity index (χ0n) is 15.1. The number of ether oxygens (including phenoxy) is 1. The molecule has 1 atom stereocenters. The van der Waals surface area contributed by atoms with Gasteiger partial charge in [0.25, 0.3) is 5.91 Å². The fourth-order valence-electron chi connectivity index (χ4n) is 3.75. The Morgan fingerprint density at radius 1 is 1.25 bits per heavy atom. The van der Waals surface area contributed by atoms with Gasteiger partial charge in [-0.25, -0.2) is 9.78 Å². The first kappa shape index (κ1) is 17.0. The lowest BCUT2D eigenvalue weighted by Crippen LogP contribution is -2.47. The van der Waals surface area contributed by atoms with Gasteiger partial charge in [-0.15, -0.1) is 11.3 Å². The van der Waals surface area contributed by atoms with Crippen LogP contribution in [0.2, 0.25) is 0 Å². The number of thiophene rings is 1.